The number of aromatic nitrogens is 2. The van der Waals surface area contributed by atoms with Gasteiger partial charge in [0.1, 0.15) is 6.54 Å². The average Bonchev–Trinajstić information content (AvgIpc) is 2.63. The summed E-state index contributed by atoms with van der Waals surface area (Å²) in [6.07, 6.45) is 4.60. The van der Waals surface area contributed by atoms with E-state index >= 15 is 0 Å². The topological polar surface area (TPSA) is 56.2 Å². The maximum Gasteiger partial charge on any atom is 0.325 e. The maximum atomic E-state index is 10.8. The van der Waals surface area contributed by atoms with Gasteiger partial charge in [0.2, 0.25) is 0 Å². The largest absolute Gasteiger partial charge is 0.468 e. The summed E-state index contributed by atoms with van der Waals surface area (Å²) in [6, 6.07) is 0. The first-order valence-electron chi connectivity index (χ1n) is 4.59. The first-order chi connectivity index (χ1) is 6.76. The van der Waals surface area contributed by atoms with Gasteiger partial charge in [0.15, 0.2) is 0 Å². The number of hydrogen-bond acceptors (Lipinski definition) is 4. The molecule has 1 aromatic rings. The third kappa shape index (κ3) is 3.08. The Kier molecular flexibility index (Phi) is 3.97. The van der Waals surface area contributed by atoms with Crippen LogP contribution in [0.1, 0.15) is 13.3 Å². The van der Waals surface area contributed by atoms with Gasteiger partial charge >= 0.3 is 5.97 Å². The monoisotopic (exact) mass is 197 g/mol. The van der Waals surface area contributed by atoms with Crippen molar-refractivity contribution in [3.63, 3.8) is 0 Å². The van der Waals surface area contributed by atoms with Crippen LogP contribution in [-0.4, -0.2) is 29.4 Å². The smallest absolute Gasteiger partial charge is 0.325 e. The number of aryl methyl sites for hydroxylation is 1. The minimum atomic E-state index is -0.284. The quantitative estimate of drug-likeness (QED) is 0.712. The molecular weight excluding hydrogens is 182 g/mol. The van der Waals surface area contributed by atoms with Crippen LogP contribution in [0.2, 0.25) is 0 Å². The van der Waals surface area contributed by atoms with Crippen molar-refractivity contribution in [1.82, 2.24) is 9.78 Å². The van der Waals surface area contributed by atoms with Crippen LogP contribution in [0.25, 0.3) is 0 Å². The molecule has 0 saturated heterocycles. The van der Waals surface area contributed by atoms with Gasteiger partial charge in [0.25, 0.3) is 0 Å². The number of ether oxygens (including phenoxy) is 1. The summed E-state index contributed by atoms with van der Waals surface area (Å²) in [5.41, 5.74) is 0.837. The summed E-state index contributed by atoms with van der Waals surface area (Å²) >= 11 is 0. The van der Waals surface area contributed by atoms with Crippen molar-refractivity contribution in [2.75, 3.05) is 19.0 Å². The predicted molar refractivity (Wildman–Crippen MR) is 53.0 cm³/mol. The number of carbonyl (C=O) groups excluding carboxylic acids is 1. The van der Waals surface area contributed by atoms with Gasteiger partial charge in [-0.25, -0.2) is 0 Å². The van der Waals surface area contributed by atoms with E-state index in [-0.39, 0.29) is 12.5 Å². The highest BCUT2D eigenvalue weighted by Crippen LogP contribution is 2.04. The Morgan fingerprint density at radius 2 is 2.50 bits per heavy atom. The van der Waals surface area contributed by atoms with Gasteiger partial charge in [-0.05, 0) is 6.42 Å². The maximum absolute atomic E-state index is 10.8. The van der Waals surface area contributed by atoms with Gasteiger partial charge in [0.05, 0.1) is 19.0 Å². The Morgan fingerprint density at radius 1 is 1.71 bits per heavy atom. The number of esters is 1. The lowest BCUT2D eigenvalue weighted by Gasteiger charge is -2.00. The van der Waals surface area contributed by atoms with Gasteiger partial charge in [-0.2, -0.15) is 5.10 Å². The van der Waals surface area contributed by atoms with E-state index in [9.17, 15) is 4.79 Å². The Balaban J connectivity index is 2.39. The molecule has 0 radical (unpaired) electrons. The number of nitrogens with zero attached hydrogens (tertiary/aromatic N) is 2. The van der Waals surface area contributed by atoms with Crippen LogP contribution in [0.5, 0.6) is 0 Å². The molecule has 0 aliphatic heterocycles. The SMILES string of the molecule is CCCn1cc(NCC(=O)OC)cn1. The molecule has 1 rings (SSSR count). The van der Waals surface area contributed by atoms with Crippen molar-refractivity contribution in [3.8, 4) is 0 Å². The summed E-state index contributed by atoms with van der Waals surface area (Å²) in [4.78, 5) is 10.8. The number of carbonyl (C=O) groups is 1. The minimum absolute atomic E-state index is 0.175. The Bertz CT molecular complexity index is 296. The van der Waals surface area contributed by atoms with E-state index in [4.69, 9.17) is 0 Å². The lowest BCUT2D eigenvalue weighted by Crippen LogP contribution is -2.14. The molecular formula is C9H15N3O2. The van der Waals surface area contributed by atoms with Crippen molar-refractivity contribution in [2.24, 2.45) is 0 Å². The van der Waals surface area contributed by atoms with Crippen molar-refractivity contribution < 1.29 is 9.53 Å². The lowest BCUT2D eigenvalue weighted by molar-refractivity contribution is -0.138. The van der Waals surface area contributed by atoms with E-state index in [1.807, 2.05) is 10.9 Å². The second-order valence-corrected chi connectivity index (χ2v) is 2.92. The molecule has 1 N–H and O–H groups in total. The highest BCUT2D eigenvalue weighted by molar-refractivity contribution is 5.74. The minimum Gasteiger partial charge on any atom is -0.468 e. The first kappa shape index (κ1) is 10.6. The van der Waals surface area contributed by atoms with E-state index in [2.05, 4.69) is 22.1 Å². The summed E-state index contributed by atoms with van der Waals surface area (Å²) in [7, 11) is 1.37. The molecule has 0 spiro atoms. The van der Waals surface area contributed by atoms with E-state index in [1.165, 1.54) is 7.11 Å². The summed E-state index contributed by atoms with van der Waals surface area (Å²) in [6.45, 7) is 3.15. The fraction of sp³-hybridized carbons (Fsp3) is 0.556. The third-order valence-corrected chi connectivity index (χ3v) is 1.75. The Morgan fingerprint density at radius 3 is 3.14 bits per heavy atom. The molecule has 0 fully saturated rings. The number of nitrogens with one attached hydrogen (secondary N) is 1. The van der Waals surface area contributed by atoms with Crippen LogP contribution in [0.4, 0.5) is 5.69 Å². The molecule has 0 saturated carbocycles. The van der Waals surface area contributed by atoms with Crippen molar-refractivity contribution in [2.45, 2.75) is 19.9 Å². The van der Waals surface area contributed by atoms with E-state index in [1.54, 1.807) is 6.20 Å². The summed E-state index contributed by atoms with van der Waals surface area (Å²) in [5.74, 6) is -0.284. The standard InChI is InChI=1S/C9H15N3O2/c1-3-4-12-7-8(5-11-12)10-6-9(13)14-2/h5,7,10H,3-4,6H2,1-2H3. The van der Waals surface area contributed by atoms with Crippen molar-refractivity contribution in [1.29, 1.82) is 0 Å². The number of hydrogen-bond donors (Lipinski definition) is 1. The highest BCUT2D eigenvalue weighted by Gasteiger charge is 2.01. The molecule has 5 nitrogen and oxygen atoms in total. The van der Waals surface area contributed by atoms with E-state index < -0.39 is 0 Å². The Hall–Kier alpha value is -1.52. The molecule has 1 aromatic heterocycles. The van der Waals surface area contributed by atoms with Gasteiger partial charge in [-0.1, -0.05) is 6.92 Å². The van der Waals surface area contributed by atoms with Crippen LogP contribution in [-0.2, 0) is 16.1 Å². The van der Waals surface area contributed by atoms with Crippen LogP contribution in [0.15, 0.2) is 12.4 Å². The predicted octanol–water partition coefficient (Wildman–Crippen LogP) is 0.878. The second-order valence-electron chi connectivity index (χ2n) is 2.92. The van der Waals surface area contributed by atoms with Gasteiger partial charge in [-0.3, -0.25) is 9.48 Å². The molecule has 0 aliphatic carbocycles. The number of methoxy groups -OCH3 is 1. The lowest BCUT2D eigenvalue weighted by atomic mass is 10.5. The van der Waals surface area contributed by atoms with Gasteiger partial charge in [-0.15, -0.1) is 0 Å². The normalized spacial score (nSPS) is 9.86. The van der Waals surface area contributed by atoms with Gasteiger partial charge in [0, 0.05) is 12.7 Å². The number of anilines is 1. The Labute approximate surface area is 83.1 Å². The van der Waals surface area contributed by atoms with Crippen LogP contribution >= 0.6 is 0 Å². The summed E-state index contributed by atoms with van der Waals surface area (Å²) in [5, 5.41) is 7.03. The third-order valence-electron chi connectivity index (χ3n) is 1.75. The van der Waals surface area contributed by atoms with E-state index in [0.29, 0.717) is 0 Å². The fourth-order valence-corrected chi connectivity index (χ4v) is 1.05. The second kappa shape index (κ2) is 5.26. The first-order valence-corrected chi connectivity index (χ1v) is 4.59. The molecule has 78 valence electrons. The molecule has 0 unspecified atom stereocenters. The highest BCUT2D eigenvalue weighted by atomic mass is 16.5. The number of rotatable bonds is 5. The molecule has 14 heavy (non-hydrogen) atoms. The molecule has 5 heteroatoms. The van der Waals surface area contributed by atoms with Crippen LogP contribution in [0.3, 0.4) is 0 Å². The van der Waals surface area contributed by atoms with Crippen molar-refractivity contribution in [3.05, 3.63) is 12.4 Å². The van der Waals surface area contributed by atoms with Crippen molar-refractivity contribution >= 4 is 11.7 Å². The zero-order valence-corrected chi connectivity index (χ0v) is 8.49. The molecule has 0 bridgehead atoms. The molecule has 1 heterocycles. The van der Waals surface area contributed by atoms with E-state index in [0.717, 1.165) is 18.7 Å². The van der Waals surface area contributed by atoms with Crippen LogP contribution < -0.4 is 5.32 Å². The molecule has 0 amide bonds. The fourth-order valence-electron chi connectivity index (χ4n) is 1.05. The zero-order valence-electron chi connectivity index (χ0n) is 8.49. The zero-order chi connectivity index (χ0) is 10.4. The van der Waals surface area contributed by atoms with Gasteiger partial charge < -0.3 is 10.1 Å². The van der Waals surface area contributed by atoms with Crippen LogP contribution in [0, 0.1) is 0 Å². The average molecular weight is 197 g/mol. The summed E-state index contributed by atoms with van der Waals surface area (Å²) < 4.78 is 6.33. The molecule has 0 atom stereocenters. The molecule has 0 aliphatic rings. The molecule has 0 aromatic carbocycles.